The Morgan fingerprint density at radius 2 is 2.15 bits per heavy atom. The highest BCUT2D eigenvalue weighted by atomic mass is 32.2. The molecule has 2 aliphatic heterocycles. The van der Waals surface area contributed by atoms with Crippen LogP contribution >= 0.6 is 23.1 Å². The van der Waals surface area contributed by atoms with Crippen LogP contribution in [0.4, 0.5) is 5.13 Å². The summed E-state index contributed by atoms with van der Waals surface area (Å²) in [5.74, 6) is -2.26. The highest BCUT2D eigenvalue weighted by Crippen LogP contribution is 2.38. The van der Waals surface area contributed by atoms with Crippen LogP contribution in [0.5, 0.6) is 0 Å². The SMILES string of the molecule is CCC(OC(=O)C1=CCS[C@@H]2C(NC(=O)C(=NO)c3csc(N)n3)C(=O)N12)OC(=O)C1CCC1. The summed E-state index contributed by atoms with van der Waals surface area (Å²) in [6.07, 6.45) is 3.28. The first-order chi connectivity index (χ1) is 16.3. The average Bonchev–Trinajstić information content (AvgIpc) is 3.21. The molecule has 4 N–H and O–H groups in total. The van der Waals surface area contributed by atoms with E-state index < -0.39 is 35.5 Å². The molecule has 1 aliphatic carbocycles. The van der Waals surface area contributed by atoms with E-state index in [0.717, 1.165) is 30.6 Å². The number of amides is 2. The van der Waals surface area contributed by atoms with Crippen LogP contribution < -0.4 is 11.1 Å². The van der Waals surface area contributed by atoms with Gasteiger partial charge < -0.3 is 25.7 Å². The number of rotatable bonds is 8. The van der Waals surface area contributed by atoms with Crippen molar-refractivity contribution in [2.45, 2.75) is 50.3 Å². The average molecular weight is 510 g/mol. The number of nitrogen functional groups attached to an aromatic ring is 1. The Hall–Kier alpha value is -3.13. The molecule has 1 aromatic rings. The smallest absolute Gasteiger partial charge is 0.357 e. The second-order valence-electron chi connectivity index (χ2n) is 7.80. The van der Waals surface area contributed by atoms with Gasteiger partial charge in [-0.3, -0.25) is 19.3 Å². The molecule has 2 amide bonds. The number of thioether (sulfide) groups is 1. The van der Waals surface area contributed by atoms with Crippen LogP contribution in [-0.4, -0.2) is 68.0 Å². The Bertz CT molecular complexity index is 1070. The predicted molar refractivity (Wildman–Crippen MR) is 122 cm³/mol. The highest BCUT2D eigenvalue weighted by molar-refractivity contribution is 8.00. The number of oxime groups is 1. The summed E-state index contributed by atoms with van der Waals surface area (Å²) in [5.41, 5.74) is 5.28. The maximum Gasteiger partial charge on any atom is 0.357 e. The first-order valence-electron chi connectivity index (χ1n) is 10.6. The number of nitrogens with one attached hydrogen (secondary N) is 1. The summed E-state index contributed by atoms with van der Waals surface area (Å²) in [7, 11) is 0. The quantitative estimate of drug-likeness (QED) is 0.114. The molecule has 14 heteroatoms. The minimum atomic E-state index is -1.05. The van der Waals surface area contributed by atoms with E-state index in [1.54, 1.807) is 13.0 Å². The molecule has 1 saturated carbocycles. The van der Waals surface area contributed by atoms with Crippen molar-refractivity contribution in [1.29, 1.82) is 0 Å². The fraction of sp³-hybridized carbons (Fsp3) is 0.500. The fourth-order valence-electron chi connectivity index (χ4n) is 3.59. The van der Waals surface area contributed by atoms with E-state index in [4.69, 9.17) is 15.2 Å². The second-order valence-corrected chi connectivity index (χ2v) is 9.84. The Kier molecular flexibility index (Phi) is 7.07. The van der Waals surface area contributed by atoms with Crippen molar-refractivity contribution < 1.29 is 33.9 Å². The third-order valence-electron chi connectivity index (χ3n) is 5.68. The minimum Gasteiger partial charge on any atom is -0.425 e. The van der Waals surface area contributed by atoms with Gasteiger partial charge in [-0.05, 0) is 18.9 Å². The zero-order valence-electron chi connectivity index (χ0n) is 18.1. The molecular weight excluding hydrogens is 486 g/mol. The van der Waals surface area contributed by atoms with E-state index in [1.807, 2.05) is 0 Å². The number of fused-ring (bicyclic) bond motifs is 1. The number of hydrogen-bond acceptors (Lipinski definition) is 12. The molecule has 3 aliphatic rings. The van der Waals surface area contributed by atoms with Crippen molar-refractivity contribution in [1.82, 2.24) is 15.2 Å². The summed E-state index contributed by atoms with van der Waals surface area (Å²) < 4.78 is 10.7. The first-order valence-corrected chi connectivity index (χ1v) is 12.6. The molecule has 0 radical (unpaired) electrons. The number of carbonyl (C=O) groups excluding carboxylic acids is 4. The van der Waals surface area contributed by atoms with Crippen LogP contribution in [0.15, 0.2) is 22.3 Å². The van der Waals surface area contributed by atoms with Crippen molar-refractivity contribution in [2.24, 2.45) is 11.1 Å². The van der Waals surface area contributed by atoms with Gasteiger partial charge >= 0.3 is 11.9 Å². The van der Waals surface area contributed by atoms with Crippen molar-refractivity contribution in [3.8, 4) is 0 Å². The molecule has 0 spiro atoms. The number of β-lactam (4-membered cyclic amide) rings is 1. The normalized spacial score (nSPS) is 23.1. The summed E-state index contributed by atoms with van der Waals surface area (Å²) in [4.78, 5) is 55.4. The Balaban J connectivity index is 1.37. The van der Waals surface area contributed by atoms with E-state index >= 15 is 0 Å². The molecule has 2 fully saturated rings. The number of carbonyl (C=O) groups is 4. The fourth-order valence-corrected chi connectivity index (χ4v) is 5.33. The molecule has 4 rings (SSSR count). The number of thiazole rings is 1. The lowest BCUT2D eigenvalue weighted by Gasteiger charge is -2.48. The van der Waals surface area contributed by atoms with Crippen LogP contribution in [0.3, 0.4) is 0 Å². The molecule has 0 bridgehead atoms. The van der Waals surface area contributed by atoms with E-state index in [2.05, 4.69) is 15.5 Å². The number of nitrogens with two attached hydrogens (primary N) is 1. The first kappa shape index (κ1) is 24.0. The third-order valence-corrected chi connectivity index (χ3v) is 7.54. The Labute approximate surface area is 202 Å². The third kappa shape index (κ3) is 4.59. The van der Waals surface area contributed by atoms with Crippen LogP contribution in [-0.2, 0) is 28.7 Å². The molecule has 2 unspecified atom stereocenters. The van der Waals surface area contributed by atoms with E-state index in [1.165, 1.54) is 22.0 Å². The van der Waals surface area contributed by atoms with Gasteiger partial charge in [0.15, 0.2) is 10.8 Å². The molecule has 1 aromatic heterocycles. The molecule has 3 atom stereocenters. The zero-order chi connectivity index (χ0) is 24.4. The van der Waals surface area contributed by atoms with Crippen molar-refractivity contribution in [3.63, 3.8) is 0 Å². The molecular formula is C20H23N5O7S2. The summed E-state index contributed by atoms with van der Waals surface area (Å²) in [6.45, 7) is 1.72. The summed E-state index contributed by atoms with van der Waals surface area (Å²) in [6, 6.07) is -0.944. The van der Waals surface area contributed by atoms with E-state index in [-0.39, 0.29) is 40.5 Å². The van der Waals surface area contributed by atoms with E-state index in [0.29, 0.717) is 5.75 Å². The number of hydrogen-bond donors (Lipinski definition) is 3. The van der Waals surface area contributed by atoms with Crippen LogP contribution in [0.2, 0.25) is 0 Å². The lowest BCUT2D eigenvalue weighted by atomic mass is 9.86. The van der Waals surface area contributed by atoms with Gasteiger partial charge in [-0.2, -0.15) is 0 Å². The van der Waals surface area contributed by atoms with Gasteiger partial charge in [0.05, 0.1) is 5.92 Å². The predicted octanol–water partition coefficient (Wildman–Crippen LogP) is 0.810. The Morgan fingerprint density at radius 3 is 2.74 bits per heavy atom. The van der Waals surface area contributed by atoms with Crippen molar-refractivity contribution in [3.05, 3.63) is 22.8 Å². The molecule has 0 aromatic carbocycles. The van der Waals surface area contributed by atoms with Gasteiger partial charge in [0.25, 0.3) is 11.8 Å². The number of ether oxygens (including phenoxy) is 2. The monoisotopic (exact) mass is 509 g/mol. The van der Waals surface area contributed by atoms with Gasteiger partial charge in [0, 0.05) is 17.6 Å². The maximum absolute atomic E-state index is 12.8. The molecule has 3 heterocycles. The molecule has 34 heavy (non-hydrogen) atoms. The van der Waals surface area contributed by atoms with Crippen molar-refractivity contribution in [2.75, 3.05) is 11.5 Å². The van der Waals surface area contributed by atoms with Crippen LogP contribution in [0, 0.1) is 5.92 Å². The number of nitrogens with zero attached hydrogens (tertiary/aromatic N) is 3. The molecule has 12 nitrogen and oxygen atoms in total. The summed E-state index contributed by atoms with van der Waals surface area (Å²) in [5, 5.41) is 15.8. The van der Waals surface area contributed by atoms with Crippen LogP contribution in [0.25, 0.3) is 0 Å². The lowest BCUT2D eigenvalue weighted by molar-refractivity contribution is -0.192. The summed E-state index contributed by atoms with van der Waals surface area (Å²) >= 11 is 2.41. The highest BCUT2D eigenvalue weighted by Gasteiger charge is 2.53. The number of aromatic nitrogens is 1. The van der Waals surface area contributed by atoms with Gasteiger partial charge in [-0.25, -0.2) is 9.78 Å². The largest absolute Gasteiger partial charge is 0.425 e. The van der Waals surface area contributed by atoms with E-state index in [9.17, 15) is 24.4 Å². The zero-order valence-corrected chi connectivity index (χ0v) is 19.8. The number of anilines is 1. The maximum atomic E-state index is 12.8. The lowest BCUT2D eigenvalue weighted by Crippen LogP contribution is -2.70. The van der Waals surface area contributed by atoms with Gasteiger partial charge in [0.2, 0.25) is 6.29 Å². The van der Waals surface area contributed by atoms with Gasteiger partial charge in [-0.15, -0.1) is 23.1 Å². The number of esters is 2. The molecule has 1 saturated heterocycles. The second kappa shape index (κ2) is 10.0. The topological polar surface area (TPSA) is 174 Å². The minimum absolute atomic E-state index is 0.0284. The van der Waals surface area contributed by atoms with Gasteiger partial charge in [0.1, 0.15) is 22.8 Å². The molecule has 182 valence electrons. The van der Waals surface area contributed by atoms with Crippen molar-refractivity contribution >= 4 is 57.7 Å². The Morgan fingerprint density at radius 1 is 1.38 bits per heavy atom. The van der Waals surface area contributed by atoms with Gasteiger partial charge in [-0.1, -0.05) is 18.5 Å². The van der Waals surface area contributed by atoms with Crippen LogP contribution in [0.1, 0.15) is 38.3 Å². The standard InChI is InChI=1S/C20H23N5O7S2/c1-2-12(31-18(28)9-4-3-5-9)32-19(29)11-6-7-33-17-14(16(27)25(11)17)23-15(26)13(24-30)10-8-34-20(21)22-10/h6,8-9,12,14,17,30H,2-5,7H2,1H3,(H2,21,22)(H,23,26)/t12?,14?,17-/m1/s1.